The minimum absolute atomic E-state index is 0.0404. The molecule has 1 aliphatic carbocycles. The van der Waals surface area contributed by atoms with Gasteiger partial charge >= 0.3 is 0 Å². The molecule has 1 aromatic heterocycles. The number of hydrogen-bond donors (Lipinski definition) is 2. The summed E-state index contributed by atoms with van der Waals surface area (Å²) in [5, 5.41) is 14.8. The molecule has 0 aliphatic heterocycles. The van der Waals surface area contributed by atoms with Gasteiger partial charge in [-0.2, -0.15) is 0 Å². The molecule has 0 radical (unpaired) electrons. The molecule has 0 saturated heterocycles. The predicted octanol–water partition coefficient (Wildman–Crippen LogP) is 4.21. The lowest BCUT2D eigenvalue weighted by atomic mass is 9.86. The van der Waals surface area contributed by atoms with Crippen LogP contribution in [0.2, 0.25) is 0 Å². The van der Waals surface area contributed by atoms with E-state index in [0.29, 0.717) is 32.9 Å². The molecule has 1 aliphatic rings. The Labute approximate surface area is 154 Å². The Bertz CT molecular complexity index is 724. The minimum Gasteiger partial charge on any atom is -0.352 e. The highest BCUT2D eigenvalue weighted by Gasteiger charge is 2.22. The third-order valence-corrected chi connectivity index (χ3v) is 6.24. The van der Waals surface area contributed by atoms with Crippen molar-refractivity contribution < 1.29 is 9.18 Å². The summed E-state index contributed by atoms with van der Waals surface area (Å²) < 4.78 is 13.9. The highest BCUT2D eigenvalue weighted by Crippen LogP contribution is 2.28. The van der Waals surface area contributed by atoms with Gasteiger partial charge in [-0.25, -0.2) is 4.39 Å². The number of benzene rings is 1. The molecular formula is C17H21FN4OS2. The van der Waals surface area contributed by atoms with E-state index in [2.05, 4.69) is 27.8 Å². The average Bonchev–Trinajstić information content (AvgIpc) is 3.03. The van der Waals surface area contributed by atoms with E-state index in [1.165, 1.54) is 54.5 Å². The summed E-state index contributed by atoms with van der Waals surface area (Å²) in [6, 6.07) is 6.47. The zero-order valence-electron chi connectivity index (χ0n) is 14.0. The van der Waals surface area contributed by atoms with Gasteiger partial charge in [0.05, 0.1) is 5.75 Å². The zero-order chi connectivity index (χ0) is 17.6. The van der Waals surface area contributed by atoms with Crippen LogP contribution in [-0.2, 0) is 4.79 Å². The normalized spacial score (nSPS) is 20.2. The third kappa shape index (κ3) is 5.40. The Kier molecular flexibility index (Phi) is 6.25. The van der Waals surface area contributed by atoms with Gasteiger partial charge in [0.2, 0.25) is 11.0 Å². The molecule has 25 heavy (non-hydrogen) atoms. The number of nitrogens with zero attached hydrogens (tertiary/aromatic N) is 2. The monoisotopic (exact) mass is 380 g/mol. The number of aromatic nitrogens is 2. The second-order valence-corrected chi connectivity index (χ2v) is 8.43. The quantitative estimate of drug-likeness (QED) is 0.735. The number of carbonyl (C=O) groups is 1. The second kappa shape index (κ2) is 8.62. The van der Waals surface area contributed by atoms with Gasteiger partial charge < -0.3 is 10.6 Å². The van der Waals surface area contributed by atoms with Crippen LogP contribution < -0.4 is 10.6 Å². The van der Waals surface area contributed by atoms with Gasteiger partial charge in [-0.05, 0) is 37.0 Å². The summed E-state index contributed by atoms with van der Waals surface area (Å²) >= 11 is 2.72. The predicted molar refractivity (Wildman–Crippen MR) is 99.9 cm³/mol. The van der Waals surface area contributed by atoms with Crippen molar-refractivity contribution in [1.82, 2.24) is 15.5 Å². The van der Waals surface area contributed by atoms with Crippen LogP contribution in [0.15, 0.2) is 28.6 Å². The van der Waals surface area contributed by atoms with Gasteiger partial charge in [-0.1, -0.05) is 48.9 Å². The molecule has 1 amide bonds. The SMILES string of the molecule is C[C@@H]1CCCC[C@H]1NC(=O)CSc1nnc(Nc2cccc(F)c2)s1. The van der Waals surface area contributed by atoms with Crippen molar-refractivity contribution in [1.29, 1.82) is 0 Å². The van der Waals surface area contributed by atoms with Gasteiger partial charge in [0.1, 0.15) is 5.82 Å². The van der Waals surface area contributed by atoms with Crippen LogP contribution in [0, 0.1) is 11.7 Å². The van der Waals surface area contributed by atoms with E-state index in [-0.39, 0.29) is 11.7 Å². The molecule has 3 rings (SSSR count). The van der Waals surface area contributed by atoms with Gasteiger partial charge in [-0.3, -0.25) is 4.79 Å². The smallest absolute Gasteiger partial charge is 0.230 e. The summed E-state index contributed by atoms with van der Waals surface area (Å²) in [5.41, 5.74) is 0.622. The fraction of sp³-hybridized carbons (Fsp3) is 0.471. The maximum Gasteiger partial charge on any atom is 0.230 e. The van der Waals surface area contributed by atoms with Crippen molar-refractivity contribution in [3.63, 3.8) is 0 Å². The van der Waals surface area contributed by atoms with Gasteiger partial charge in [0.25, 0.3) is 0 Å². The van der Waals surface area contributed by atoms with Crippen LogP contribution in [0.3, 0.4) is 0 Å². The highest BCUT2D eigenvalue weighted by atomic mass is 32.2. The van der Waals surface area contributed by atoms with Gasteiger partial charge in [0, 0.05) is 11.7 Å². The molecule has 1 fully saturated rings. The Morgan fingerprint density at radius 3 is 3.00 bits per heavy atom. The largest absolute Gasteiger partial charge is 0.352 e. The third-order valence-electron chi connectivity index (χ3n) is 4.27. The number of rotatable bonds is 6. The van der Waals surface area contributed by atoms with E-state index in [4.69, 9.17) is 0 Å². The number of hydrogen-bond acceptors (Lipinski definition) is 6. The topological polar surface area (TPSA) is 66.9 Å². The molecule has 5 nitrogen and oxygen atoms in total. The first-order valence-corrected chi connectivity index (χ1v) is 10.2. The number of carbonyl (C=O) groups excluding carboxylic acids is 1. The number of anilines is 2. The van der Waals surface area contributed by atoms with E-state index in [9.17, 15) is 9.18 Å². The summed E-state index contributed by atoms with van der Waals surface area (Å²) in [4.78, 5) is 12.1. The molecule has 0 bridgehead atoms. The van der Waals surface area contributed by atoms with Crippen LogP contribution in [-0.4, -0.2) is 27.9 Å². The van der Waals surface area contributed by atoms with E-state index in [1.54, 1.807) is 12.1 Å². The van der Waals surface area contributed by atoms with Crippen LogP contribution in [0.1, 0.15) is 32.6 Å². The zero-order valence-corrected chi connectivity index (χ0v) is 15.6. The van der Waals surface area contributed by atoms with E-state index in [0.717, 1.165) is 6.42 Å². The molecule has 0 spiro atoms. The van der Waals surface area contributed by atoms with Gasteiger partial charge in [-0.15, -0.1) is 10.2 Å². The Hall–Kier alpha value is -1.67. The van der Waals surface area contributed by atoms with Crippen molar-refractivity contribution in [2.75, 3.05) is 11.1 Å². The first-order valence-electron chi connectivity index (χ1n) is 8.38. The summed E-state index contributed by atoms with van der Waals surface area (Å²) in [6.07, 6.45) is 4.70. The molecule has 134 valence electrons. The summed E-state index contributed by atoms with van der Waals surface area (Å²) in [7, 11) is 0. The van der Waals surface area contributed by atoms with Gasteiger partial charge in [0.15, 0.2) is 4.34 Å². The van der Waals surface area contributed by atoms with Crippen LogP contribution in [0.25, 0.3) is 0 Å². The maximum atomic E-state index is 13.2. The lowest BCUT2D eigenvalue weighted by Gasteiger charge is -2.29. The number of nitrogens with one attached hydrogen (secondary N) is 2. The number of amides is 1. The lowest BCUT2D eigenvalue weighted by molar-refractivity contribution is -0.119. The molecule has 0 unspecified atom stereocenters. The maximum absolute atomic E-state index is 13.2. The van der Waals surface area contributed by atoms with E-state index < -0.39 is 0 Å². The van der Waals surface area contributed by atoms with E-state index >= 15 is 0 Å². The Morgan fingerprint density at radius 1 is 1.36 bits per heavy atom. The number of halogens is 1. The molecule has 8 heteroatoms. The standard InChI is InChI=1S/C17H21FN4OS2/c1-11-5-2-3-8-14(11)20-15(23)10-24-17-22-21-16(25-17)19-13-7-4-6-12(18)9-13/h4,6-7,9,11,14H,2-3,5,8,10H2,1H3,(H,19,21)(H,20,23)/t11-,14-/m1/s1. The molecule has 1 saturated carbocycles. The minimum atomic E-state index is -0.308. The average molecular weight is 381 g/mol. The van der Waals surface area contributed by atoms with Crippen molar-refractivity contribution in [2.24, 2.45) is 5.92 Å². The molecule has 1 aromatic carbocycles. The Morgan fingerprint density at radius 2 is 2.20 bits per heavy atom. The highest BCUT2D eigenvalue weighted by molar-refractivity contribution is 8.01. The lowest BCUT2D eigenvalue weighted by Crippen LogP contribution is -2.41. The van der Waals surface area contributed by atoms with Crippen molar-refractivity contribution >= 4 is 39.8 Å². The van der Waals surface area contributed by atoms with Crippen molar-refractivity contribution in [3.05, 3.63) is 30.1 Å². The fourth-order valence-electron chi connectivity index (χ4n) is 2.91. The van der Waals surface area contributed by atoms with E-state index in [1.807, 2.05) is 0 Å². The molecule has 2 N–H and O–H groups in total. The first-order chi connectivity index (χ1) is 12.1. The van der Waals surface area contributed by atoms with Crippen LogP contribution in [0.4, 0.5) is 15.2 Å². The molecule has 2 atom stereocenters. The molecule has 2 aromatic rings. The first kappa shape index (κ1) is 18.1. The second-order valence-electron chi connectivity index (χ2n) is 6.23. The van der Waals surface area contributed by atoms with Crippen molar-refractivity contribution in [3.8, 4) is 0 Å². The summed E-state index contributed by atoms with van der Waals surface area (Å²) in [5.74, 6) is 0.611. The van der Waals surface area contributed by atoms with Crippen LogP contribution >= 0.6 is 23.1 Å². The van der Waals surface area contributed by atoms with Crippen LogP contribution in [0.5, 0.6) is 0 Å². The number of thioether (sulfide) groups is 1. The molecular weight excluding hydrogens is 359 g/mol. The molecule has 1 heterocycles. The summed E-state index contributed by atoms with van der Waals surface area (Å²) in [6.45, 7) is 2.20. The Balaban J connectivity index is 1.47. The fourth-order valence-corrected chi connectivity index (χ4v) is 4.50. The van der Waals surface area contributed by atoms with Crippen molar-refractivity contribution in [2.45, 2.75) is 43.0 Å².